The average molecular weight is 153 g/mol. The van der Waals surface area contributed by atoms with Gasteiger partial charge in [0.2, 0.25) is 0 Å². The number of halogens is 2. The van der Waals surface area contributed by atoms with Crippen molar-refractivity contribution in [1.29, 1.82) is 0 Å². The van der Waals surface area contributed by atoms with Crippen molar-refractivity contribution < 1.29 is 8.78 Å². The van der Waals surface area contributed by atoms with E-state index < -0.39 is 5.92 Å². The Balaban J connectivity index is 2.35. The predicted molar refractivity (Wildman–Crippen MR) is 34.7 cm³/mol. The molecule has 54 valence electrons. The van der Waals surface area contributed by atoms with Crippen molar-refractivity contribution in [2.75, 3.05) is 13.1 Å². The van der Waals surface area contributed by atoms with Gasteiger partial charge in [-0.05, 0) is 0 Å². The molecule has 0 spiro atoms. The van der Waals surface area contributed by atoms with Gasteiger partial charge in [-0.3, -0.25) is 4.31 Å². The van der Waals surface area contributed by atoms with Gasteiger partial charge >= 0.3 is 0 Å². The summed E-state index contributed by atoms with van der Waals surface area (Å²) in [5, 5.41) is 0. The quantitative estimate of drug-likeness (QED) is 0.517. The summed E-state index contributed by atoms with van der Waals surface area (Å²) in [4.78, 5) is 0. The number of nitrogens with zero attached hydrogens (tertiary/aromatic N) is 1. The van der Waals surface area contributed by atoms with Crippen LogP contribution >= 0.6 is 12.8 Å². The third-order valence-electron chi connectivity index (χ3n) is 1.47. The molecule has 9 heavy (non-hydrogen) atoms. The van der Waals surface area contributed by atoms with Gasteiger partial charge in [0.05, 0.1) is 0 Å². The number of rotatable bonds is 0. The van der Waals surface area contributed by atoms with Gasteiger partial charge in [0.15, 0.2) is 0 Å². The van der Waals surface area contributed by atoms with Crippen LogP contribution in [0.15, 0.2) is 0 Å². The van der Waals surface area contributed by atoms with Crippen LogP contribution < -0.4 is 0 Å². The molecule has 0 aliphatic carbocycles. The Kier molecular flexibility index (Phi) is 1.96. The molecule has 0 aromatic rings. The van der Waals surface area contributed by atoms with Crippen molar-refractivity contribution in [3.05, 3.63) is 0 Å². The molecular weight excluding hydrogens is 144 g/mol. The minimum atomic E-state index is -2.43. The second-order valence-electron chi connectivity index (χ2n) is 2.31. The molecule has 1 rings (SSSR count). The Hall–Kier alpha value is 0.170. The molecule has 4 heteroatoms. The fraction of sp³-hybridized carbons (Fsp3) is 1.00. The van der Waals surface area contributed by atoms with Crippen molar-refractivity contribution in [2.24, 2.45) is 0 Å². The maximum absolute atomic E-state index is 12.3. The fourth-order valence-corrected chi connectivity index (χ4v) is 1.02. The molecule has 1 nitrogen and oxygen atoms in total. The Morgan fingerprint density at radius 2 is 1.67 bits per heavy atom. The number of alkyl halides is 2. The summed E-state index contributed by atoms with van der Waals surface area (Å²) in [5.41, 5.74) is 0. The van der Waals surface area contributed by atoms with E-state index in [-0.39, 0.29) is 12.8 Å². The van der Waals surface area contributed by atoms with E-state index in [1.54, 1.807) is 4.31 Å². The van der Waals surface area contributed by atoms with E-state index in [0.717, 1.165) is 0 Å². The van der Waals surface area contributed by atoms with Crippen LogP contribution in [0.25, 0.3) is 0 Å². The molecule has 1 aliphatic rings. The molecule has 0 bridgehead atoms. The van der Waals surface area contributed by atoms with Crippen LogP contribution in [0, 0.1) is 0 Å². The topological polar surface area (TPSA) is 3.24 Å². The second-order valence-corrected chi connectivity index (χ2v) is 2.88. The van der Waals surface area contributed by atoms with Crippen molar-refractivity contribution in [3.63, 3.8) is 0 Å². The maximum Gasteiger partial charge on any atom is 0.250 e. The van der Waals surface area contributed by atoms with Crippen molar-refractivity contribution >= 4 is 12.8 Å². The van der Waals surface area contributed by atoms with Gasteiger partial charge in [0, 0.05) is 25.9 Å². The van der Waals surface area contributed by atoms with Crippen LogP contribution in [0.1, 0.15) is 12.8 Å². The third kappa shape index (κ3) is 2.10. The molecule has 0 unspecified atom stereocenters. The number of hydrogen-bond donors (Lipinski definition) is 1. The number of piperidine rings is 1. The molecule has 1 aliphatic heterocycles. The summed E-state index contributed by atoms with van der Waals surface area (Å²) in [5.74, 6) is -2.43. The van der Waals surface area contributed by atoms with E-state index in [1.807, 2.05) is 0 Å². The van der Waals surface area contributed by atoms with Gasteiger partial charge in [0.25, 0.3) is 5.92 Å². The van der Waals surface area contributed by atoms with Crippen LogP contribution in [-0.2, 0) is 0 Å². The zero-order chi connectivity index (χ0) is 6.91. The minimum absolute atomic E-state index is 0.0451. The number of thiol groups is 1. The SMILES string of the molecule is FC1(F)CCN(S)CC1. The lowest BCUT2D eigenvalue weighted by atomic mass is 10.1. The van der Waals surface area contributed by atoms with E-state index in [2.05, 4.69) is 12.8 Å². The minimum Gasteiger partial charge on any atom is -0.253 e. The smallest absolute Gasteiger partial charge is 0.250 e. The molecular formula is C5H9F2NS. The molecule has 0 atom stereocenters. The first-order chi connectivity index (χ1) is 4.10. The Labute approximate surface area is 58.6 Å². The van der Waals surface area contributed by atoms with Crippen LogP contribution in [0.4, 0.5) is 8.78 Å². The highest BCUT2D eigenvalue weighted by Crippen LogP contribution is 2.27. The number of hydrogen-bond acceptors (Lipinski definition) is 2. The van der Waals surface area contributed by atoms with E-state index in [9.17, 15) is 8.78 Å². The lowest BCUT2D eigenvalue weighted by Crippen LogP contribution is -2.34. The first-order valence-electron chi connectivity index (χ1n) is 2.92. The van der Waals surface area contributed by atoms with E-state index in [4.69, 9.17) is 0 Å². The lowest BCUT2D eigenvalue weighted by Gasteiger charge is -2.27. The molecule has 1 fully saturated rings. The summed E-state index contributed by atoms with van der Waals surface area (Å²) in [6.45, 7) is 0.798. The van der Waals surface area contributed by atoms with Crippen LogP contribution in [-0.4, -0.2) is 23.3 Å². The van der Waals surface area contributed by atoms with Gasteiger partial charge < -0.3 is 0 Å². The molecule has 0 saturated carbocycles. The van der Waals surface area contributed by atoms with Gasteiger partial charge in [0.1, 0.15) is 0 Å². The summed E-state index contributed by atoms with van der Waals surface area (Å²) >= 11 is 3.94. The molecule has 0 aromatic carbocycles. The maximum atomic E-state index is 12.3. The highest BCUT2D eigenvalue weighted by Gasteiger charge is 2.32. The third-order valence-corrected chi connectivity index (χ3v) is 1.87. The molecule has 0 radical (unpaired) electrons. The second kappa shape index (κ2) is 2.42. The summed E-state index contributed by atoms with van der Waals surface area (Å²) in [6.07, 6.45) is -0.0903. The zero-order valence-corrected chi connectivity index (χ0v) is 5.87. The zero-order valence-electron chi connectivity index (χ0n) is 4.98. The van der Waals surface area contributed by atoms with Crippen molar-refractivity contribution in [2.45, 2.75) is 18.8 Å². The monoisotopic (exact) mass is 153 g/mol. The summed E-state index contributed by atoms with van der Waals surface area (Å²) in [6, 6.07) is 0. The predicted octanol–water partition coefficient (Wildman–Crippen LogP) is 1.56. The normalized spacial score (nSPS) is 28.3. The van der Waals surface area contributed by atoms with Gasteiger partial charge in [-0.25, -0.2) is 8.78 Å². The Morgan fingerprint density at radius 1 is 1.22 bits per heavy atom. The molecule has 0 aromatic heterocycles. The first-order valence-corrected chi connectivity index (χ1v) is 3.32. The highest BCUT2D eigenvalue weighted by atomic mass is 32.1. The molecule has 1 heterocycles. The van der Waals surface area contributed by atoms with Crippen molar-refractivity contribution in [3.8, 4) is 0 Å². The molecule has 0 N–H and O–H groups in total. The Morgan fingerprint density at radius 3 is 2.00 bits per heavy atom. The van der Waals surface area contributed by atoms with Gasteiger partial charge in [-0.15, -0.1) is 0 Å². The standard InChI is InChI=1S/C5H9F2NS/c6-5(7)1-3-8(9)4-2-5/h9H,1-4H2. The molecule has 1 saturated heterocycles. The molecule has 0 amide bonds. The Bertz CT molecular complexity index is 97.1. The summed E-state index contributed by atoms with van der Waals surface area (Å²) < 4.78 is 26.3. The van der Waals surface area contributed by atoms with E-state index in [0.29, 0.717) is 13.1 Å². The van der Waals surface area contributed by atoms with E-state index >= 15 is 0 Å². The van der Waals surface area contributed by atoms with Crippen molar-refractivity contribution in [1.82, 2.24) is 4.31 Å². The van der Waals surface area contributed by atoms with E-state index in [1.165, 1.54) is 0 Å². The summed E-state index contributed by atoms with van der Waals surface area (Å²) in [7, 11) is 0. The van der Waals surface area contributed by atoms with Gasteiger partial charge in [-0.1, -0.05) is 12.8 Å². The van der Waals surface area contributed by atoms with Crippen LogP contribution in [0.2, 0.25) is 0 Å². The van der Waals surface area contributed by atoms with Gasteiger partial charge in [-0.2, -0.15) is 0 Å². The highest BCUT2D eigenvalue weighted by molar-refractivity contribution is 7.77. The average Bonchev–Trinajstić information content (AvgIpc) is 1.78. The van der Waals surface area contributed by atoms with Crippen LogP contribution in [0.5, 0.6) is 0 Å². The van der Waals surface area contributed by atoms with Crippen LogP contribution in [0.3, 0.4) is 0 Å². The fourth-order valence-electron chi connectivity index (χ4n) is 0.822. The lowest BCUT2D eigenvalue weighted by molar-refractivity contribution is -0.0396. The first kappa shape index (κ1) is 7.28. The largest absolute Gasteiger partial charge is 0.253 e.